The predicted octanol–water partition coefficient (Wildman–Crippen LogP) is 4.27. The van der Waals surface area contributed by atoms with E-state index in [9.17, 15) is 18.0 Å². The summed E-state index contributed by atoms with van der Waals surface area (Å²) in [5.74, 6) is -1.34. The first-order chi connectivity index (χ1) is 14.7. The van der Waals surface area contributed by atoms with Crippen molar-refractivity contribution in [2.45, 2.75) is 10.6 Å². The van der Waals surface area contributed by atoms with Gasteiger partial charge in [-0.3, -0.25) is 9.59 Å². The summed E-state index contributed by atoms with van der Waals surface area (Å²) in [6.07, 6.45) is 0. The molecule has 1 aromatic heterocycles. The van der Waals surface area contributed by atoms with Crippen molar-refractivity contribution >= 4 is 50.5 Å². The van der Waals surface area contributed by atoms with Gasteiger partial charge in [-0.05, 0) is 42.5 Å². The molecule has 0 radical (unpaired) electrons. The Morgan fingerprint density at radius 3 is 2.39 bits per heavy atom. The van der Waals surface area contributed by atoms with Crippen molar-refractivity contribution in [1.29, 1.82) is 0 Å². The van der Waals surface area contributed by atoms with E-state index in [1.165, 1.54) is 37.4 Å². The predicted molar refractivity (Wildman–Crippen MR) is 118 cm³/mol. The summed E-state index contributed by atoms with van der Waals surface area (Å²) >= 11 is 11.8. The van der Waals surface area contributed by atoms with Gasteiger partial charge in [0.1, 0.15) is 11.5 Å². The Bertz CT molecular complexity index is 1210. The van der Waals surface area contributed by atoms with Gasteiger partial charge < -0.3 is 14.6 Å². The molecule has 0 aliphatic heterocycles. The highest BCUT2D eigenvalue weighted by Crippen LogP contribution is 2.25. The molecule has 2 aromatic carbocycles. The Morgan fingerprint density at radius 2 is 1.71 bits per heavy atom. The van der Waals surface area contributed by atoms with E-state index in [2.05, 4.69) is 5.32 Å². The minimum Gasteiger partial charge on any atom is -0.455 e. The maximum Gasteiger partial charge on any atom is 0.289 e. The second kappa shape index (κ2) is 9.55. The Labute approximate surface area is 189 Å². The van der Waals surface area contributed by atoms with Crippen LogP contribution in [0.1, 0.15) is 16.3 Å². The molecule has 0 aliphatic carbocycles. The lowest BCUT2D eigenvalue weighted by atomic mass is 10.3. The summed E-state index contributed by atoms with van der Waals surface area (Å²) in [6.45, 7) is -0.253. The Kier molecular flexibility index (Phi) is 7.04. The van der Waals surface area contributed by atoms with Crippen LogP contribution in [-0.4, -0.2) is 38.7 Å². The number of hydrogen-bond donors (Lipinski definition) is 1. The van der Waals surface area contributed by atoms with Gasteiger partial charge in [0.2, 0.25) is 5.91 Å². The molecule has 2 amide bonds. The zero-order valence-electron chi connectivity index (χ0n) is 16.3. The minimum absolute atomic E-state index is 0.0666. The third kappa shape index (κ3) is 5.88. The number of amides is 2. The van der Waals surface area contributed by atoms with Crippen LogP contribution in [0, 0.1) is 0 Å². The Balaban J connectivity index is 1.61. The van der Waals surface area contributed by atoms with Gasteiger partial charge in [0.05, 0.1) is 21.5 Å². The van der Waals surface area contributed by atoms with Crippen LogP contribution in [-0.2, 0) is 20.4 Å². The number of benzene rings is 2. The smallest absolute Gasteiger partial charge is 0.289 e. The number of likely N-dealkylation sites (N-methyl/N-ethyl adjacent to an activating group) is 1. The number of carbonyl (C=O) groups excluding carboxylic acids is 2. The number of carbonyl (C=O) groups is 2. The number of nitrogens with one attached hydrogen (secondary N) is 1. The van der Waals surface area contributed by atoms with Crippen LogP contribution < -0.4 is 5.32 Å². The molecule has 1 N–H and O–H groups in total. The van der Waals surface area contributed by atoms with Gasteiger partial charge in [-0.25, -0.2) is 8.42 Å². The normalized spacial score (nSPS) is 11.2. The number of furan rings is 1. The fraction of sp³-hybridized carbons (Fsp3) is 0.143. The zero-order chi connectivity index (χ0) is 22.6. The SMILES string of the molecule is CN(CC(=O)Nc1ccc(Cl)c(Cl)c1)C(=O)c1ccc(CS(=O)(=O)c2ccccc2)o1. The first-order valence-electron chi connectivity index (χ1n) is 9.02. The van der Waals surface area contributed by atoms with Crippen molar-refractivity contribution < 1.29 is 22.4 Å². The van der Waals surface area contributed by atoms with E-state index in [-0.39, 0.29) is 33.7 Å². The molecule has 0 fully saturated rings. The summed E-state index contributed by atoms with van der Waals surface area (Å²) in [6, 6.07) is 15.4. The molecule has 1 heterocycles. The lowest BCUT2D eigenvalue weighted by molar-refractivity contribution is -0.116. The Hall–Kier alpha value is -2.81. The molecule has 0 saturated carbocycles. The van der Waals surface area contributed by atoms with Crippen LogP contribution in [0.5, 0.6) is 0 Å². The van der Waals surface area contributed by atoms with Gasteiger partial charge in [0.15, 0.2) is 15.6 Å². The van der Waals surface area contributed by atoms with Crippen molar-refractivity contribution in [2.24, 2.45) is 0 Å². The lowest BCUT2D eigenvalue weighted by Crippen LogP contribution is -2.34. The zero-order valence-corrected chi connectivity index (χ0v) is 18.7. The largest absolute Gasteiger partial charge is 0.455 e. The van der Waals surface area contributed by atoms with E-state index in [1.807, 2.05) is 0 Å². The molecule has 0 unspecified atom stereocenters. The molecule has 3 aromatic rings. The molecule has 0 saturated heterocycles. The summed E-state index contributed by atoms with van der Waals surface area (Å²) in [7, 11) is -2.18. The van der Waals surface area contributed by atoms with Gasteiger partial charge >= 0.3 is 0 Å². The summed E-state index contributed by atoms with van der Waals surface area (Å²) in [4.78, 5) is 26.1. The third-order valence-corrected chi connectivity index (χ3v) is 6.63. The van der Waals surface area contributed by atoms with Gasteiger partial charge in [-0.1, -0.05) is 41.4 Å². The van der Waals surface area contributed by atoms with Crippen molar-refractivity contribution in [2.75, 3.05) is 18.9 Å². The van der Waals surface area contributed by atoms with E-state index >= 15 is 0 Å². The highest BCUT2D eigenvalue weighted by Gasteiger charge is 2.22. The molecular formula is C21H18Cl2N2O5S. The molecular weight excluding hydrogens is 463 g/mol. The van der Waals surface area contributed by atoms with Gasteiger partial charge in [0.25, 0.3) is 5.91 Å². The number of rotatable bonds is 7. The lowest BCUT2D eigenvalue weighted by Gasteiger charge is -2.15. The minimum atomic E-state index is -3.61. The number of sulfone groups is 1. The number of anilines is 1. The standard InChI is InChI=1S/C21H18Cl2N2O5S/c1-25(12-20(26)24-14-7-9-17(22)18(23)11-14)21(27)19-10-8-15(30-19)13-31(28,29)16-5-3-2-4-6-16/h2-11H,12-13H2,1H3,(H,24,26). The number of nitrogens with zero attached hydrogens (tertiary/aromatic N) is 1. The molecule has 3 rings (SSSR count). The fourth-order valence-electron chi connectivity index (χ4n) is 2.72. The van der Waals surface area contributed by atoms with Crippen LogP contribution in [0.4, 0.5) is 5.69 Å². The molecule has 0 bridgehead atoms. The third-order valence-electron chi connectivity index (χ3n) is 4.24. The molecule has 10 heteroatoms. The first-order valence-corrected chi connectivity index (χ1v) is 11.4. The van der Waals surface area contributed by atoms with Crippen molar-refractivity contribution in [3.63, 3.8) is 0 Å². The maximum atomic E-state index is 12.5. The van der Waals surface area contributed by atoms with E-state index in [4.69, 9.17) is 27.6 Å². The quantitative estimate of drug-likeness (QED) is 0.544. The van der Waals surface area contributed by atoms with Crippen LogP contribution >= 0.6 is 23.2 Å². The summed E-state index contributed by atoms with van der Waals surface area (Å²) in [5.41, 5.74) is 0.437. The van der Waals surface area contributed by atoms with Crippen LogP contribution in [0.3, 0.4) is 0 Å². The van der Waals surface area contributed by atoms with E-state index in [0.29, 0.717) is 10.7 Å². The van der Waals surface area contributed by atoms with Crippen LogP contribution in [0.15, 0.2) is 70.0 Å². The molecule has 31 heavy (non-hydrogen) atoms. The van der Waals surface area contributed by atoms with Crippen LogP contribution in [0.25, 0.3) is 0 Å². The average molecular weight is 481 g/mol. The van der Waals surface area contributed by atoms with Gasteiger partial charge in [0, 0.05) is 12.7 Å². The first kappa shape index (κ1) is 22.9. The summed E-state index contributed by atoms with van der Waals surface area (Å²) < 4.78 is 30.3. The highest BCUT2D eigenvalue weighted by molar-refractivity contribution is 7.90. The maximum absolute atomic E-state index is 12.5. The highest BCUT2D eigenvalue weighted by atomic mass is 35.5. The van der Waals surface area contributed by atoms with Gasteiger partial charge in [-0.2, -0.15) is 0 Å². The molecule has 0 atom stereocenters. The molecule has 162 valence electrons. The topological polar surface area (TPSA) is 96.7 Å². The van der Waals surface area contributed by atoms with Gasteiger partial charge in [-0.15, -0.1) is 0 Å². The molecule has 0 aliphatic rings. The van der Waals surface area contributed by atoms with E-state index in [1.54, 1.807) is 30.3 Å². The van der Waals surface area contributed by atoms with Crippen molar-refractivity contribution in [3.05, 3.63) is 82.2 Å². The number of hydrogen-bond acceptors (Lipinski definition) is 5. The summed E-state index contributed by atoms with van der Waals surface area (Å²) in [5, 5.41) is 3.26. The average Bonchev–Trinajstić information content (AvgIpc) is 3.18. The van der Waals surface area contributed by atoms with Crippen molar-refractivity contribution in [3.8, 4) is 0 Å². The van der Waals surface area contributed by atoms with Crippen LogP contribution in [0.2, 0.25) is 10.0 Å². The fourth-order valence-corrected chi connectivity index (χ4v) is 4.28. The van der Waals surface area contributed by atoms with E-state index in [0.717, 1.165) is 4.90 Å². The molecule has 0 spiro atoms. The Morgan fingerprint density at radius 1 is 1.00 bits per heavy atom. The van der Waals surface area contributed by atoms with E-state index < -0.39 is 21.7 Å². The number of halogens is 2. The second-order valence-electron chi connectivity index (χ2n) is 6.68. The monoisotopic (exact) mass is 480 g/mol. The van der Waals surface area contributed by atoms with Crippen molar-refractivity contribution in [1.82, 2.24) is 4.90 Å². The second-order valence-corrected chi connectivity index (χ2v) is 9.48. The molecule has 7 nitrogen and oxygen atoms in total.